The molecule has 2 N–H and O–H groups in total. The van der Waals surface area contributed by atoms with Crippen LogP contribution in [0.3, 0.4) is 0 Å². The van der Waals surface area contributed by atoms with Crippen molar-refractivity contribution in [3.63, 3.8) is 0 Å². The minimum atomic E-state index is -1.12. The summed E-state index contributed by atoms with van der Waals surface area (Å²) in [5.41, 5.74) is 0.804. The zero-order valence-electron chi connectivity index (χ0n) is 27.2. The Kier molecular flexibility index (Phi) is 14.6. The maximum atomic E-state index is 13.8. The van der Waals surface area contributed by atoms with E-state index < -0.39 is 36.0 Å². The van der Waals surface area contributed by atoms with Crippen LogP contribution in [0.2, 0.25) is 0 Å². The molecule has 2 rings (SSSR count). The molecule has 1 fully saturated rings. The third-order valence-corrected chi connectivity index (χ3v) is 8.78. The zero-order valence-corrected chi connectivity index (χ0v) is 27.2. The molecule has 1 aliphatic rings. The van der Waals surface area contributed by atoms with Gasteiger partial charge in [-0.1, -0.05) is 71.4 Å². The lowest BCUT2D eigenvalue weighted by molar-refractivity contribution is -0.147. The van der Waals surface area contributed by atoms with E-state index in [4.69, 9.17) is 9.47 Å². The molecule has 0 aromatic heterocycles. The van der Waals surface area contributed by atoms with E-state index in [2.05, 4.69) is 19.2 Å². The third kappa shape index (κ3) is 10.0. The molecule has 242 valence electrons. The lowest BCUT2D eigenvalue weighted by Gasteiger charge is -2.39. The number of hydrogen-bond acceptors (Lipinski definition) is 6. The Morgan fingerprint density at radius 2 is 1.70 bits per heavy atom. The van der Waals surface area contributed by atoms with Gasteiger partial charge in [0.05, 0.1) is 36.6 Å². The van der Waals surface area contributed by atoms with Crippen molar-refractivity contribution in [1.29, 1.82) is 0 Å². The number of nitrogens with one attached hydrogen (secondary N) is 1. The predicted molar refractivity (Wildman–Crippen MR) is 165 cm³/mol. The van der Waals surface area contributed by atoms with Gasteiger partial charge in [0, 0.05) is 40.7 Å². The van der Waals surface area contributed by atoms with Gasteiger partial charge in [-0.05, 0) is 30.2 Å². The lowest BCUT2D eigenvalue weighted by Crippen LogP contribution is -2.54. The van der Waals surface area contributed by atoms with Gasteiger partial charge in [-0.2, -0.15) is 0 Å². The summed E-state index contributed by atoms with van der Waals surface area (Å²) in [4.78, 5) is 55.6. The SMILES string of the molecule is CCC(C)C([C@@H](CC(=O)N1CCC[C@H]1C(OC)C(C)C(=O)N[C@@H](Cc1ccccc1)C(=O)O)OC)N(C)C(=O)CC(C)C. The first-order valence-electron chi connectivity index (χ1n) is 15.5. The summed E-state index contributed by atoms with van der Waals surface area (Å²) in [6.07, 6.45) is 1.79. The molecule has 0 saturated carbocycles. The molecular weight excluding hydrogens is 550 g/mol. The molecule has 4 unspecified atom stereocenters. The van der Waals surface area contributed by atoms with Crippen LogP contribution in [0.15, 0.2) is 30.3 Å². The fourth-order valence-corrected chi connectivity index (χ4v) is 6.17. The number of nitrogens with zero attached hydrogens (tertiary/aromatic N) is 2. The summed E-state index contributed by atoms with van der Waals surface area (Å²) < 4.78 is 11.7. The van der Waals surface area contributed by atoms with E-state index in [0.717, 1.165) is 18.4 Å². The number of hydrogen-bond donors (Lipinski definition) is 2. The second-order valence-electron chi connectivity index (χ2n) is 12.3. The van der Waals surface area contributed by atoms with Crippen molar-refractivity contribution in [2.45, 2.75) is 103 Å². The maximum Gasteiger partial charge on any atom is 0.326 e. The number of likely N-dealkylation sites (tertiary alicyclic amines) is 1. The van der Waals surface area contributed by atoms with Gasteiger partial charge in [0.15, 0.2) is 0 Å². The molecule has 43 heavy (non-hydrogen) atoms. The molecule has 10 nitrogen and oxygen atoms in total. The normalized spacial score (nSPS) is 19.3. The van der Waals surface area contributed by atoms with Gasteiger partial charge in [-0.3, -0.25) is 14.4 Å². The molecule has 0 bridgehead atoms. The fourth-order valence-electron chi connectivity index (χ4n) is 6.17. The number of methoxy groups -OCH3 is 2. The van der Waals surface area contributed by atoms with Gasteiger partial charge in [0.1, 0.15) is 6.04 Å². The van der Waals surface area contributed by atoms with Crippen molar-refractivity contribution in [2.24, 2.45) is 17.8 Å². The molecule has 0 spiro atoms. The Balaban J connectivity index is 2.18. The monoisotopic (exact) mass is 603 g/mol. The smallest absolute Gasteiger partial charge is 0.326 e. The summed E-state index contributed by atoms with van der Waals surface area (Å²) in [5.74, 6) is -2.02. The van der Waals surface area contributed by atoms with E-state index >= 15 is 0 Å². The fraction of sp³-hybridized carbons (Fsp3) is 0.697. The van der Waals surface area contributed by atoms with Gasteiger partial charge in [0.2, 0.25) is 17.7 Å². The molecule has 3 amide bonds. The molecule has 1 saturated heterocycles. The largest absolute Gasteiger partial charge is 0.480 e. The molecule has 0 radical (unpaired) electrons. The van der Waals surface area contributed by atoms with Crippen LogP contribution in [0.5, 0.6) is 0 Å². The Labute approximate surface area is 257 Å². The first-order chi connectivity index (χ1) is 20.4. The van der Waals surface area contributed by atoms with Crippen LogP contribution < -0.4 is 5.32 Å². The number of amides is 3. The number of rotatable bonds is 17. The van der Waals surface area contributed by atoms with Crippen molar-refractivity contribution in [3.05, 3.63) is 35.9 Å². The second kappa shape index (κ2) is 17.3. The van der Waals surface area contributed by atoms with Gasteiger partial charge in [0.25, 0.3) is 0 Å². The van der Waals surface area contributed by atoms with Crippen LogP contribution in [0.25, 0.3) is 0 Å². The quantitative estimate of drug-likeness (QED) is 0.278. The number of carboxylic acids is 1. The summed E-state index contributed by atoms with van der Waals surface area (Å²) >= 11 is 0. The van der Waals surface area contributed by atoms with Gasteiger partial charge < -0.3 is 29.7 Å². The van der Waals surface area contributed by atoms with Crippen LogP contribution in [0.4, 0.5) is 0 Å². The van der Waals surface area contributed by atoms with Crippen LogP contribution in [0, 0.1) is 17.8 Å². The van der Waals surface area contributed by atoms with Crippen LogP contribution in [-0.2, 0) is 35.1 Å². The molecule has 1 aliphatic heterocycles. The van der Waals surface area contributed by atoms with Gasteiger partial charge >= 0.3 is 5.97 Å². The zero-order chi connectivity index (χ0) is 32.3. The lowest BCUT2D eigenvalue weighted by atomic mass is 9.90. The topological polar surface area (TPSA) is 125 Å². The van der Waals surface area contributed by atoms with E-state index in [1.165, 1.54) is 7.11 Å². The van der Waals surface area contributed by atoms with Crippen LogP contribution in [-0.4, -0.2) is 96.7 Å². The van der Waals surface area contributed by atoms with Crippen LogP contribution in [0.1, 0.15) is 72.3 Å². The first-order valence-corrected chi connectivity index (χ1v) is 15.5. The minimum absolute atomic E-state index is 0.0278. The van der Waals surface area contributed by atoms with Crippen molar-refractivity contribution >= 4 is 23.7 Å². The highest BCUT2D eigenvalue weighted by Gasteiger charge is 2.42. The highest BCUT2D eigenvalue weighted by atomic mass is 16.5. The highest BCUT2D eigenvalue weighted by molar-refractivity contribution is 5.85. The highest BCUT2D eigenvalue weighted by Crippen LogP contribution is 2.29. The molecule has 0 aliphatic carbocycles. The Bertz CT molecular complexity index is 1050. The molecule has 10 heteroatoms. The third-order valence-electron chi connectivity index (χ3n) is 8.78. The summed E-state index contributed by atoms with van der Waals surface area (Å²) in [7, 11) is 4.88. The van der Waals surface area contributed by atoms with E-state index in [1.807, 2.05) is 44.2 Å². The Hall–Kier alpha value is -2.98. The van der Waals surface area contributed by atoms with Crippen molar-refractivity contribution in [1.82, 2.24) is 15.1 Å². The number of carbonyl (C=O) groups excluding carboxylic acids is 3. The molecule has 1 heterocycles. The second-order valence-corrected chi connectivity index (χ2v) is 12.3. The van der Waals surface area contributed by atoms with Crippen molar-refractivity contribution in [2.75, 3.05) is 27.8 Å². The maximum absolute atomic E-state index is 13.8. The number of carboxylic acid groups (broad SMARTS) is 1. The molecule has 1 aromatic rings. The average Bonchev–Trinajstić information content (AvgIpc) is 3.46. The summed E-state index contributed by atoms with van der Waals surface area (Å²) in [6, 6.07) is 7.43. The first kappa shape index (κ1) is 36.2. The van der Waals surface area contributed by atoms with Crippen molar-refractivity contribution in [3.8, 4) is 0 Å². The summed E-state index contributed by atoms with van der Waals surface area (Å²) in [6.45, 7) is 10.4. The molecule has 7 atom stereocenters. The number of aliphatic carboxylic acids is 1. The van der Waals surface area contributed by atoms with E-state index in [-0.39, 0.29) is 48.6 Å². The Morgan fingerprint density at radius 3 is 2.23 bits per heavy atom. The number of carbonyl (C=O) groups is 4. The van der Waals surface area contributed by atoms with Crippen LogP contribution >= 0.6 is 0 Å². The molecular formula is C33H53N3O7. The average molecular weight is 604 g/mol. The number of likely N-dealkylation sites (N-methyl/N-ethyl adjacent to an activating group) is 1. The minimum Gasteiger partial charge on any atom is -0.480 e. The van der Waals surface area contributed by atoms with Gasteiger partial charge in [-0.25, -0.2) is 4.79 Å². The Morgan fingerprint density at radius 1 is 1.05 bits per heavy atom. The van der Waals surface area contributed by atoms with Crippen molar-refractivity contribution < 1.29 is 33.8 Å². The van der Waals surface area contributed by atoms with E-state index in [0.29, 0.717) is 19.4 Å². The number of ether oxygens (including phenoxy) is 2. The van der Waals surface area contributed by atoms with E-state index in [9.17, 15) is 24.3 Å². The predicted octanol–water partition coefficient (Wildman–Crippen LogP) is 3.76. The van der Waals surface area contributed by atoms with Gasteiger partial charge in [-0.15, -0.1) is 0 Å². The number of benzene rings is 1. The standard InChI is InChI=1S/C33H53N3O7/c1-9-22(4)30(35(6)28(37)18-21(2)3)27(42-7)20-29(38)36-17-13-16-26(36)31(43-8)23(5)32(39)34-25(33(40)41)19-24-14-11-10-12-15-24/h10-12,14-15,21-23,25-27,30-31H,9,13,16-20H2,1-8H3,(H,34,39)(H,40,41)/t22?,23?,25-,26-,27+,30?,31?/m0/s1. The molecule has 1 aromatic carbocycles. The van der Waals surface area contributed by atoms with E-state index in [1.54, 1.807) is 30.9 Å². The summed E-state index contributed by atoms with van der Waals surface area (Å²) in [5, 5.41) is 12.5.